The Morgan fingerprint density at radius 2 is 1.63 bits per heavy atom. The van der Waals surface area contributed by atoms with Crippen LogP contribution in [0, 0.1) is 22.7 Å². The normalized spacial score (nSPS) is 23.7. The first-order chi connectivity index (χ1) is 13.1. The van der Waals surface area contributed by atoms with Gasteiger partial charge in [-0.1, -0.05) is 83.6 Å². The SMILES string of the molecule is CCCCCCCCc1ccc([C@H]2CC[C@@](C#N)(C[C@H](C)CC)CC2)cc1. The number of aryl methyl sites for hydroxylation is 1. The van der Waals surface area contributed by atoms with Crippen LogP contribution < -0.4 is 0 Å². The number of hydrogen-bond acceptors (Lipinski definition) is 1. The molecule has 0 amide bonds. The summed E-state index contributed by atoms with van der Waals surface area (Å²) in [5, 5.41) is 9.78. The molecule has 1 heteroatoms. The monoisotopic (exact) mass is 367 g/mol. The van der Waals surface area contributed by atoms with E-state index in [-0.39, 0.29) is 5.41 Å². The first-order valence-electron chi connectivity index (χ1n) is 11.6. The van der Waals surface area contributed by atoms with Gasteiger partial charge in [0, 0.05) is 0 Å². The Balaban J connectivity index is 1.78. The van der Waals surface area contributed by atoms with E-state index in [4.69, 9.17) is 0 Å². The van der Waals surface area contributed by atoms with Gasteiger partial charge >= 0.3 is 0 Å². The molecule has 150 valence electrons. The van der Waals surface area contributed by atoms with Crippen molar-refractivity contribution in [1.29, 1.82) is 5.26 Å². The average Bonchev–Trinajstić information content (AvgIpc) is 2.71. The minimum atomic E-state index is -0.0519. The molecule has 1 aliphatic rings. The predicted octanol–water partition coefficient (Wildman–Crippen LogP) is 8.19. The first kappa shape index (κ1) is 22.0. The Hall–Kier alpha value is -1.29. The van der Waals surface area contributed by atoms with Crippen LogP contribution in [0.2, 0.25) is 0 Å². The molecule has 1 fully saturated rings. The maximum absolute atomic E-state index is 9.78. The van der Waals surface area contributed by atoms with Gasteiger partial charge in [-0.2, -0.15) is 5.26 Å². The molecular weight excluding hydrogens is 326 g/mol. The quantitative estimate of drug-likeness (QED) is 0.362. The van der Waals surface area contributed by atoms with Gasteiger partial charge in [-0.25, -0.2) is 0 Å². The second kappa shape index (κ2) is 11.5. The van der Waals surface area contributed by atoms with E-state index in [9.17, 15) is 5.26 Å². The summed E-state index contributed by atoms with van der Waals surface area (Å²) < 4.78 is 0. The molecule has 1 atom stereocenters. The largest absolute Gasteiger partial charge is 0.198 e. The zero-order chi connectivity index (χ0) is 19.5. The second-order valence-electron chi connectivity index (χ2n) is 9.14. The van der Waals surface area contributed by atoms with Crippen LogP contribution in [0.3, 0.4) is 0 Å². The maximum Gasteiger partial charge on any atom is 0.0689 e. The van der Waals surface area contributed by atoms with Gasteiger partial charge in [-0.05, 0) is 67.9 Å². The van der Waals surface area contributed by atoms with Gasteiger partial charge in [0.15, 0.2) is 0 Å². The molecule has 1 aromatic carbocycles. The van der Waals surface area contributed by atoms with Crippen molar-refractivity contribution in [3.8, 4) is 6.07 Å². The molecule has 0 radical (unpaired) electrons. The maximum atomic E-state index is 9.78. The molecule has 1 saturated carbocycles. The summed E-state index contributed by atoms with van der Waals surface area (Å²) in [4.78, 5) is 0. The van der Waals surface area contributed by atoms with Crippen molar-refractivity contribution in [1.82, 2.24) is 0 Å². The first-order valence-corrected chi connectivity index (χ1v) is 11.6. The molecule has 0 aromatic heterocycles. The molecule has 0 aliphatic heterocycles. The Morgan fingerprint density at radius 1 is 1.00 bits per heavy atom. The summed E-state index contributed by atoms with van der Waals surface area (Å²) in [5.41, 5.74) is 2.94. The third kappa shape index (κ3) is 6.99. The number of nitrogens with zero attached hydrogens (tertiary/aromatic N) is 1. The topological polar surface area (TPSA) is 23.8 Å². The molecule has 1 nitrogen and oxygen atoms in total. The van der Waals surface area contributed by atoms with Crippen molar-refractivity contribution < 1.29 is 0 Å². The zero-order valence-corrected chi connectivity index (χ0v) is 18.1. The average molecular weight is 368 g/mol. The van der Waals surface area contributed by atoms with Crippen LogP contribution in [0.15, 0.2) is 24.3 Å². The van der Waals surface area contributed by atoms with Gasteiger partial charge < -0.3 is 0 Å². The molecule has 0 unspecified atom stereocenters. The van der Waals surface area contributed by atoms with Crippen molar-refractivity contribution in [2.75, 3.05) is 0 Å². The molecule has 0 saturated heterocycles. The van der Waals surface area contributed by atoms with Gasteiger partial charge in [-0.15, -0.1) is 0 Å². The fourth-order valence-corrected chi connectivity index (χ4v) is 4.74. The predicted molar refractivity (Wildman–Crippen MR) is 117 cm³/mol. The van der Waals surface area contributed by atoms with Gasteiger partial charge in [0.1, 0.15) is 0 Å². The van der Waals surface area contributed by atoms with E-state index in [0.29, 0.717) is 11.8 Å². The number of benzene rings is 1. The van der Waals surface area contributed by atoms with Crippen LogP contribution >= 0.6 is 0 Å². The molecular formula is C26H41N. The number of rotatable bonds is 11. The van der Waals surface area contributed by atoms with E-state index < -0.39 is 0 Å². The summed E-state index contributed by atoms with van der Waals surface area (Å²) in [7, 11) is 0. The molecule has 1 aromatic rings. The molecule has 0 bridgehead atoms. The highest BCUT2D eigenvalue weighted by atomic mass is 14.4. The fraction of sp³-hybridized carbons (Fsp3) is 0.731. The third-order valence-corrected chi connectivity index (χ3v) is 6.89. The Bertz CT molecular complexity index is 557. The summed E-state index contributed by atoms with van der Waals surface area (Å²) in [6, 6.07) is 12.1. The molecule has 2 rings (SSSR count). The van der Waals surface area contributed by atoms with E-state index >= 15 is 0 Å². The molecule has 0 heterocycles. The number of nitriles is 1. The highest BCUT2D eigenvalue weighted by Crippen LogP contribution is 2.46. The molecule has 27 heavy (non-hydrogen) atoms. The van der Waals surface area contributed by atoms with Crippen LogP contribution in [0.25, 0.3) is 0 Å². The Morgan fingerprint density at radius 3 is 2.22 bits per heavy atom. The van der Waals surface area contributed by atoms with E-state index in [1.807, 2.05) is 0 Å². The number of hydrogen-bond donors (Lipinski definition) is 0. The van der Waals surface area contributed by atoms with Crippen molar-refractivity contribution >= 4 is 0 Å². The minimum Gasteiger partial charge on any atom is -0.198 e. The van der Waals surface area contributed by atoms with E-state index in [2.05, 4.69) is 51.1 Å². The van der Waals surface area contributed by atoms with Crippen molar-refractivity contribution in [3.05, 3.63) is 35.4 Å². The van der Waals surface area contributed by atoms with Crippen LogP contribution in [0.1, 0.15) is 115 Å². The van der Waals surface area contributed by atoms with E-state index in [1.54, 1.807) is 0 Å². The molecule has 0 N–H and O–H groups in total. The lowest BCUT2D eigenvalue weighted by Gasteiger charge is -2.36. The second-order valence-corrected chi connectivity index (χ2v) is 9.14. The van der Waals surface area contributed by atoms with Crippen LogP contribution in [-0.4, -0.2) is 0 Å². The van der Waals surface area contributed by atoms with Crippen molar-refractivity contribution in [2.24, 2.45) is 11.3 Å². The van der Waals surface area contributed by atoms with Crippen LogP contribution in [-0.2, 0) is 6.42 Å². The summed E-state index contributed by atoms with van der Waals surface area (Å²) >= 11 is 0. The highest BCUT2D eigenvalue weighted by molar-refractivity contribution is 5.26. The fourth-order valence-electron chi connectivity index (χ4n) is 4.74. The lowest BCUT2D eigenvalue weighted by molar-refractivity contribution is 0.198. The Kier molecular flexibility index (Phi) is 9.40. The summed E-state index contributed by atoms with van der Waals surface area (Å²) in [6.45, 7) is 6.82. The molecule has 0 spiro atoms. The van der Waals surface area contributed by atoms with Crippen molar-refractivity contribution in [2.45, 2.75) is 110 Å². The van der Waals surface area contributed by atoms with Gasteiger partial charge in [-0.3, -0.25) is 0 Å². The third-order valence-electron chi connectivity index (χ3n) is 6.89. The van der Waals surface area contributed by atoms with E-state index in [1.165, 1.54) is 75.3 Å². The lowest BCUT2D eigenvalue weighted by atomic mass is 9.66. The van der Waals surface area contributed by atoms with Gasteiger partial charge in [0.25, 0.3) is 0 Å². The number of unbranched alkanes of at least 4 members (excludes halogenated alkanes) is 5. The summed E-state index contributed by atoms with van der Waals surface area (Å²) in [5.74, 6) is 1.33. The van der Waals surface area contributed by atoms with Gasteiger partial charge in [0.2, 0.25) is 0 Å². The van der Waals surface area contributed by atoms with Crippen molar-refractivity contribution in [3.63, 3.8) is 0 Å². The minimum absolute atomic E-state index is 0.0519. The lowest BCUT2D eigenvalue weighted by Crippen LogP contribution is -2.27. The molecule has 1 aliphatic carbocycles. The standard InChI is InChI=1S/C26H41N/c1-4-6-7-8-9-10-11-23-12-14-24(15-13-23)25-16-18-26(21-27,19-17-25)20-22(3)5-2/h12-15,22,25H,4-11,16-20H2,1-3H3/t22-,25-,26-/m1/s1. The zero-order valence-electron chi connectivity index (χ0n) is 18.1. The summed E-state index contributed by atoms with van der Waals surface area (Å²) in [6.07, 6.45) is 16.2. The van der Waals surface area contributed by atoms with Crippen LogP contribution in [0.5, 0.6) is 0 Å². The van der Waals surface area contributed by atoms with Gasteiger partial charge in [0.05, 0.1) is 11.5 Å². The smallest absolute Gasteiger partial charge is 0.0689 e. The highest BCUT2D eigenvalue weighted by Gasteiger charge is 2.36. The van der Waals surface area contributed by atoms with Crippen LogP contribution in [0.4, 0.5) is 0 Å². The Labute approximate surface area is 168 Å². The van der Waals surface area contributed by atoms with E-state index in [0.717, 1.165) is 19.3 Å².